The van der Waals surface area contributed by atoms with Crippen LogP contribution in [-0.4, -0.2) is 41.7 Å². The second kappa shape index (κ2) is 6.10. The predicted molar refractivity (Wildman–Crippen MR) is 75.6 cm³/mol. The highest BCUT2D eigenvalue weighted by Gasteiger charge is 2.36. The predicted octanol–water partition coefficient (Wildman–Crippen LogP) is 1.49. The van der Waals surface area contributed by atoms with Gasteiger partial charge in [-0.25, -0.2) is 0 Å². The van der Waals surface area contributed by atoms with Crippen LogP contribution in [0.4, 0.5) is 0 Å². The number of nitriles is 1. The molecule has 1 aromatic heterocycles. The number of ether oxygens (including phenoxy) is 2. The van der Waals surface area contributed by atoms with Crippen molar-refractivity contribution >= 4 is 5.91 Å². The minimum absolute atomic E-state index is 0.0775. The monoisotopic (exact) mass is 289 g/mol. The molecule has 6 nitrogen and oxygen atoms in total. The Kier molecular flexibility index (Phi) is 4.43. The van der Waals surface area contributed by atoms with E-state index < -0.39 is 5.60 Å². The Balaban J connectivity index is 2.30. The summed E-state index contributed by atoms with van der Waals surface area (Å²) in [5.74, 6) is 0.449. The Morgan fingerprint density at radius 2 is 2.38 bits per heavy atom. The Morgan fingerprint density at radius 1 is 1.62 bits per heavy atom. The van der Waals surface area contributed by atoms with Crippen LogP contribution in [-0.2, 0) is 16.1 Å². The van der Waals surface area contributed by atoms with Gasteiger partial charge >= 0.3 is 0 Å². The molecule has 0 N–H and O–H groups in total. The number of fused-ring (bicyclic) bond motifs is 1. The largest absolute Gasteiger partial charge is 0.490 e. The van der Waals surface area contributed by atoms with Gasteiger partial charge in [-0.15, -0.1) is 0 Å². The van der Waals surface area contributed by atoms with Crippen LogP contribution in [0.2, 0.25) is 0 Å². The number of nitrogens with zero attached hydrogens (tertiary/aromatic N) is 3. The Bertz CT molecular complexity index is 576. The summed E-state index contributed by atoms with van der Waals surface area (Å²) in [6, 6.07) is 2.06. The van der Waals surface area contributed by atoms with Gasteiger partial charge in [-0.05, 0) is 13.3 Å². The molecule has 0 unspecified atom stereocenters. The number of amides is 1. The molecule has 1 aromatic rings. The summed E-state index contributed by atoms with van der Waals surface area (Å²) in [7, 11) is 1.54. The minimum atomic E-state index is -0.842. The van der Waals surface area contributed by atoms with Crippen LogP contribution in [0, 0.1) is 11.3 Å². The van der Waals surface area contributed by atoms with Crippen LogP contribution < -0.4 is 4.74 Å². The van der Waals surface area contributed by atoms with Gasteiger partial charge in [0.15, 0.2) is 0 Å². The first-order valence-corrected chi connectivity index (χ1v) is 6.90. The van der Waals surface area contributed by atoms with Crippen LogP contribution in [0.15, 0.2) is 12.4 Å². The van der Waals surface area contributed by atoms with Gasteiger partial charge in [-0.3, -0.25) is 9.78 Å². The summed E-state index contributed by atoms with van der Waals surface area (Å²) in [6.45, 7) is 4.87. The topological polar surface area (TPSA) is 75.4 Å². The fourth-order valence-electron chi connectivity index (χ4n) is 2.29. The number of carbonyl (C=O) groups excluding carboxylic acids is 1. The van der Waals surface area contributed by atoms with E-state index in [-0.39, 0.29) is 5.91 Å². The first kappa shape index (κ1) is 15.3. The molecule has 0 saturated heterocycles. The molecule has 2 heterocycles. The maximum Gasteiger partial charge on any atom is 0.254 e. The first-order valence-electron chi connectivity index (χ1n) is 6.90. The SMILES string of the molecule is CC[C@](C)(OC)C(=O)N1CCOc2c(C#N)cncc2C1. The number of hydrogen-bond acceptors (Lipinski definition) is 5. The van der Waals surface area contributed by atoms with Gasteiger partial charge in [0.05, 0.1) is 13.1 Å². The smallest absolute Gasteiger partial charge is 0.254 e. The Hall–Kier alpha value is -2.13. The third-order valence-electron chi connectivity index (χ3n) is 3.92. The second-order valence-corrected chi connectivity index (χ2v) is 5.15. The molecule has 1 amide bonds. The molecule has 1 aliphatic heterocycles. The maximum absolute atomic E-state index is 12.7. The van der Waals surface area contributed by atoms with Gasteiger partial charge in [0.25, 0.3) is 5.91 Å². The van der Waals surface area contributed by atoms with E-state index in [2.05, 4.69) is 11.1 Å². The minimum Gasteiger partial charge on any atom is -0.490 e. The first-order chi connectivity index (χ1) is 10.1. The molecule has 0 saturated carbocycles. The molecule has 0 bridgehead atoms. The van der Waals surface area contributed by atoms with E-state index in [4.69, 9.17) is 14.7 Å². The standard InChI is InChI=1S/C15H19N3O3/c1-4-15(2,20-3)14(19)18-5-6-21-13-11(7-16)8-17-9-12(13)10-18/h8-9H,4-6,10H2,1-3H3/t15-/m0/s1. The molecule has 2 rings (SSSR count). The van der Waals surface area contributed by atoms with Crippen molar-refractivity contribution in [2.75, 3.05) is 20.3 Å². The molecular formula is C15H19N3O3. The van der Waals surface area contributed by atoms with E-state index in [1.807, 2.05) is 6.92 Å². The molecule has 0 aliphatic carbocycles. The van der Waals surface area contributed by atoms with Gasteiger partial charge in [0.1, 0.15) is 29.6 Å². The molecule has 6 heteroatoms. The number of methoxy groups -OCH3 is 1. The molecular weight excluding hydrogens is 270 g/mol. The highest BCUT2D eigenvalue weighted by molar-refractivity contribution is 5.85. The molecule has 0 fully saturated rings. The van der Waals surface area contributed by atoms with Crippen molar-refractivity contribution in [2.24, 2.45) is 0 Å². The highest BCUT2D eigenvalue weighted by Crippen LogP contribution is 2.28. The van der Waals surface area contributed by atoms with Crippen LogP contribution >= 0.6 is 0 Å². The van der Waals surface area contributed by atoms with E-state index in [1.165, 1.54) is 6.20 Å². The summed E-state index contributed by atoms with van der Waals surface area (Å²) in [5.41, 5.74) is 0.298. The number of aromatic nitrogens is 1. The Morgan fingerprint density at radius 3 is 3.00 bits per heavy atom. The van der Waals surface area contributed by atoms with Crippen molar-refractivity contribution in [3.05, 3.63) is 23.5 Å². The summed E-state index contributed by atoms with van der Waals surface area (Å²) in [5, 5.41) is 9.10. The van der Waals surface area contributed by atoms with Gasteiger partial charge in [0.2, 0.25) is 0 Å². The fourth-order valence-corrected chi connectivity index (χ4v) is 2.29. The summed E-state index contributed by atoms with van der Waals surface area (Å²) >= 11 is 0. The van der Waals surface area contributed by atoms with Crippen LogP contribution in [0.1, 0.15) is 31.4 Å². The molecule has 1 atom stereocenters. The van der Waals surface area contributed by atoms with Gasteiger partial charge in [-0.1, -0.05) is 6.92 Å². The summed E-state index contributed by atoms with van der Waals surface area (Å²) in [4.78, 5) is 18.4. The Labute approximate surface area is 124 Å². The lowest BCUT2D eigenvalue weighted by atomic mass is 10.0. The lowest BCUT2D eigenvalue weighted by Gasteiger charge is -2.31. The molecule has 0 spiro atoms. The number of carbonyl (C=O) groups is 1. The quantitative estimate of drug-likeness (QED) is 0.842. The molecule has 0 radical (unpaired) electrons. The third-order valence-corrected chi connectivity index (χ3v) is 3.92. The average molecular weight is 289 g/mol. The normalized spacial score (nSPS) is 17.0. The molecule has 112 valence electrons. The zero-order chi connectivity index (χ0) is 15.5. The van der Waals surface area contributed by atoms with E-state index >= 15 is 0 Å². The van der Waals surface area contributed by atoms with Crippen molar-refractivity contribution in [2.45, 2.75) is 32.4 Å². The fraction of sp³-hybridized carbons (Fsp3) is 0.533. The number of hydrogen-bond donors (Lipinski definition) is 0. The van der Waals surface area contributed by atoms with Crippen molar-refractivity contribution in [3.63, 3.8) is 0 Å². The summed E-state index contributed by atoms with van der Waals surface area (Å²) < 4.78 is 11.0. The number of rotatable bonds is 3. The third kappa shape index (κ3) is 2.83. The van der Waals surface area contributed by atoms with Gasteiger partial charge < -0.3 is 14.4 Å². The lowest BCUT2D eigenvalue weighted by Crippen LogP contribution is -2.48. The maximum atomic E-state index is 12.7. The summed E-state index contributed by atoms with van der Waals surface area (Å²) in [6.07, 6.45) is 3.70. The van der Waals surface area contributed by atoms with Crippen molar-refractivity contribution in [1.29, 1.82) is 5.26 Å². The van der Waals surface area contributed by atoms with E-state index in [1.54, 1.807) is 25.1 Å². The van der Waals surface area contributed by atoms with E-state index in [0.29, 0.717) is 37.4 Å². The van der Waals surface area contributed by atoms with Crippen LogP contribution in [0.3, 0.4) is 0 Å². The van der Waals surface area contributed by atoms with Gasteiger partial charge in [-0.2, -0.15) is 5.26 Å². The number of pyridine rings is 1. The zero-order valence-electron chi connectivity index (χ0n) is 12.5. The average Bonchev–Trinajstić information content (AvgIpc) is 2.75. The van der Waals surface area contributed by atoms with Crippen LogP contribution in [0.5, 0.6) is 5.75 Å². The zero-order valence-corrected chi connectivity index (χ0v) is 12.5. The van der Waals surface area contributed by atoms with Gasteiger partial charge in [0, 0.05) is 25.1 Å². The van der Waals surface area contributed by atoms with Crippen LogP contribution in [0.25, 0.3) is 0 Å². The molecule has 21 heavy (non-hydrogen) atoms. The lowest BCUT2D eigenvalue weighted by molar-refractivity contribution is -0.154. The van der Waals surface area contributed by atoms with Crippen molar-refractivity contribution < 1.29 is 14.3 Å². The van der Waals surface area contributed by atoms with E-state index in [9.17, 15) is 4.79 Å². The second-order valence-electron chi connectivity index (χ2n) is 5.15. The van der Waals surface area contributed by atoms with Crippen molar-refractivity contribution in [3.8, 4) is 11.8 Å². The van der Waals surface area contributed by atoms with E-state index in [0.717, 1.165) is 5.56 Å². The van der Waals surface area contributed by atoms with Crippen molar-refractivity contribution in [1.82, 2.24) is 9.88 Å². The molecule has 1 aliphatic rings. The highest BCUT2D eigenvalue weighted by atomic mass is 16.5. The molecule has 0 aromatic carbocycles.